The van der Waals surface area contributed by atoms with Crippen LogP contribution in [0.2, 0.25) is 0 Å². The lowest BCUT2D eigenvalue weighted by molar-refractivity contribution is 0.0950. The summed E-state index contributed by atoms with van der Waals surface area (Å²) in [5.74, 6) is 0.673. The van der Waals surface area contributed by atoms with Crippen LogP contribution in [0.3, 0.4) is 0 Å². The van der Waals surface area contributed by atoms with Crippen molar-refractivity contribution in [2.24, 2.45) is 0 Å². The van der Waals surface area contributed by atoms with E-state index in [0.717, 1.165) is 29.8 Å². The maximum atomic E-state index is 12.4. The van der Waals surface area contributed by atoms with Crippen LogP contribution < -0.4 is 15.0 Å². The van der Waals surface area contributed by atoms with Gasteiger partial charge in [-0.05, 0) is 67.6 Å². The minimum Gasteiger partial charge on any atom is -0.490 e. The Morgan fingerprint density at radius 1 is 1.14 bits per heavy atom. The van der Waals surface area contributed by atoms with Gasteiger partial charge >= 0.3 is 6.09 Å². The Kier molecular flexibility index (Phi) is 5.46. The third-order valence-corrected chi connectivity index (χ3v) is 5.16. The molecule has 0 unspecified atom stereocenters. The van der Waals surface area contributed by atoms with Crippen molar-refractivity contribution in [2.75, 3.05) is 18.1 Å². The molecule has 1 aliphatic carbocycles. The Balaban J connectivity index is 1.33. The lowest BCUT2D eigenvalue weighted by Crippen LogP contribution is -2.25. The number of cyclic esters (lactones) is 1. The SMILES string of the molecule is O=C(NCc1cccc(N2CCOC2=O)c1)c1ccc(OC2CCCC2)cc1. The highest BCUT2D eigenvalue weighted by Crippen LogP contribution is 2.24. The van der Waals surface area contributed by atoms with Gasteiger partial charge in [0.05, 0.1) is 12.6 Å². The van der Waals surface area contributed by atoms with E-state index in [0.29, 0.717) is 31.4 Å². The first-order valence-corrected chi connectivity index (χ1v) is 9.77. The van der Waals surface area contributed by atoms with E-state index in [1.807, 2.05) is 36.4 Å². The third-order valence-electron chi connectivity index (χ3n) is 5.16. The first kappa shape index (κ1) is 18.3. The van der Waals surface area contributed by atoms with Crippen LogP contribution in [0.15, 0.2) is 48.5 Å². The first-order valence-electron chi connectivity index (χ1n) is 9.77. The molecule has 0 bridgehead atoms. The van der Waals surface area contributed by atoms with Gasteiger partial charge in [0.2, 0.25) is 0 Å². The molecular formula is C22H24N2O4. The molecule has 1 saturated carbocycles. The Bertz CT molecular complexity index is 844. The highest BCUT2D eigenvalue weighted by atomic mass is 16.6. The van der Waals surface area contributed by atoms with E-state index in [2.05, 4.69) is 5.32 Å². The van der Waals surface area contributed by atoms with Crippen molar-refractivity contribution in [1.29, 1.82) is 0 Å². The van der Waals surface area contributed by atoms with Gasteiger partial charge in [0, 0.05) is 17.8 Å². The van der Waals surface area contributed by atoms with E-state index in [-0.39, 0.29) is 12.0 Å². The predicted molar refractivity (Wildman–Crippen MR) is 106 cm³/mol. The van der Waals surface area contributed by atoms with Crippen LogP contribution in [0, 0.1) is 0 Å². The maximum Gasteiger partial charge on any atom is 0.414 e. The molecule has 2 aromatic rings. The number of amides is 2. The summed E-state index contributed by atoms with van der Waals surface area (Å²) in [4.78, 5) is 25.7. The fourth-order valence-electron chi connectivity index (χ4n) is 3.63. The Labute approximate surface area is 164 Å². The van der Waals surface area contributed by atoms with E-state index in [1.54, 1.807) is 17.0 Å². The lowest BCUT2D eigenvalue weighted by atomic mass is 10.1. The summed E-state index contributed by atoms with van der Waals surface area (Å²) >= 11 is 0. The number of rotatable bonds is 6. The van der Waals surface area contributed by atoms with Crippen LogP contribution in [-0.2, 0) is 11.3 Å². The molecule has 2 aliphatic rings. The second kappa shape index (κ2) is 8.33. The van der Waals surface area contributed by atoms with E-state index >= 15 is 0 Å². The van der Waals surface area contributed by atoms with Crippen molar-refractivity contribution < 1.29 is 19.1 Å². The normalized spacial score (nSPS) is 16.9. The molecule has 4 rings (SSSR count). The summed E-state index contributed by atoms with van der Waals surface area (Å²) in [5, 5.41) is 2.92. The summed E-state index contributed by atoms with van der Waals surface area (Å²) in [6.45, 7) is 1.33. The molecule has 1 saturated heterocycles. The number of nitrogens with zero attached hydrogens (tertiary/aromatic N) is 1. The van der Waals surface area contributed by atoms with E-state index in [9.17, 15) is 9.59 Å². The fourth-order valence-corrected chi connectivity index (χ4v) is 3.63. The van der Waals surface area contributed by atoms with Crippen LogP contribution in [0.5, 0.6) is 5.75 Å². The van der Waals surface area contributed by atoms with Gasteiger partial charge in [-0.3, -0.25) is 9.69 Å². The van der Waals surface area contributed by atoms with Gasteiger partial charge < -0.3 is 14.8 Å². The average molecular weight is 380 g/mol. The van der Waals surface area contributed by atoms with Crippen LogP contribution in [0.4, 0.5) is 10.5 Å². The number of nitrogens with one attached hydrogen (secondary N) is 1. The largest absolute Gasteiger partial charge is 0.490 e. The minimum absolute atomic E-state index is 0.140. The topological polar surface area (TPSA) is 67.9 Å². The van der Waals surface area contributed by atoms with Crippen LogP contribution in [0.25, 0.3) is 0 Å². The summed E-state index contributed by atoms with van der Waals surface area (Å²) in [6, 6.07) is 14.8. The quantitative estimate of drug-likeness (QED) is 0.825. The summed E-state index contributed by atoms with van der Waals surface area (Å²) < 4.78 is 10.9. The average Bonchev–Trinajstić information content (AvgIpc) is 3.38. The zero-order valence-electron chi connectivity index (χ0n) is 15.7. The van der Waals surface area contributed by atoms with Crippen LogP contribution >= 0.6 is 0 Å². The molecular weight excluding hydrogens is 356 g/mol. The molecule has 2 aromatic carbocycles. The highest BCUT2D eigenvalue weighted by Gasteiger charge is 2.23. The minimum atomic E-state index is -0.332. The van der Waals surface area contributed by atoms with Crippen molar-refractivity contribution >= 4 is 17.7 Å². The number of carbonyl (C=O) groups is 2. The van der Waals surface area contributed by atoms with Crippen molar-refractivity contribution in [3.8, 4) is 5.75 Å². The van der Waals surface area contributed by atoms with Gasteiger partial charge in [-0.25, -0.2) is 4.79 Å². The smallest absolute Gasteiger partial charge is 0.414 e. The molecule has 0 spiro atoms. The summed E-state index contributed by atoms with van der Waals surface area (Å²) in [6.07, 6.45) is 4.64. The van der Waals surface area contributed by atoms with E-state index in [1.165, 1.54) is 12.8 Å². The molecule has 2 amide bonds. The molecule has 146 valence electrons. The number of ether oxygens (including phenoxy) is 2. The molecule has 2 fully saturated rings. The number of carbonyl (C=O) groups excluding carboxylic acids is 2. The molecule has 1 heterocycles. The zero-order valence-corrected chi connectivity index (χ0v) is 15.7. The van der Waals surface area contributed by atoms with Gasteiger partial charge in [-0.1, -0.05) is 12.1 Å². The maximum absolute atomic E-state index is 12.4. The number of anilines is 1. The Morgan fingerprint density at radius 3 is 2.64 bits per heavy atom. The van der Waals surface area contributed by atoms with Gasteiger partial charge in [0.1, 0.15) is 12.4 Å². The molecule has 1 aliphatic heterocycles. The predicted octanol–water partition coefficient (Wildman–Crippen LogP) is 3.89. The number of hydrogen-bond donors (Lipinski definition) is 1. The monoisotopic (exact) mass is 380 g/mol. The molecule has 0 radical (unpaired) electrons. The Hall–Kier alpha value is -3.02. The standard InChI is InChI=1S/C22H24N2O4/c25-21(17-8-10-20(11-9-17)28-19-6-1-2-7-19)23-15-16-4-3-5-18(14-16)24-12-13-27-22(24)26/h3-5,8-11,14,19H,1-2,6-7,12-13,15H2,(H,23,25). The second-order valence-electron chi connectivity index (χ2n) is 7.17. The molecule has 6 nitrogen and oxygen atoms in total. The van der Waals surface area contributed by atoms with Crippen molar-refractivity contribution in [3.63, 3.8) is 0 Å². The van der Waals surface area contributed by atoms with Gasteiger partial charge in [0.25, 0.3) is 5.91 Å². The number of benzene rings is 2. The fraction of sp³-hybridized carbons (Fsp3) is 0.364. The summed E-state index contributed by atoms with van der Waals surface area (Å²) in [5.41, 5.74) is 2.30. The van der Waals surface area contributed by atoms with E-state index in [4.69, 9.17) is 9.47 Å². The molecule has 6 heteroatoms. The second-order valence-corrected chi connectivity index (χ2v) is 7.17. The van der Waals surface area contributed by atoms with Crippen LogP contribution in [0.1, 0.15) is 41.6 Å². The van der Waals surface area contributed by atoms with Crippen molar-refractivity contribution in [3.05, 3.63) is 59.7 Å². The number of hydrogen-bond acceptors (Lipinski definition) is 4. The highest BCUT2D eigenvalue weighted by molar-refractivity contribution is 5.94. The molecule has 28 heavy (non-hydrogen) atoms. The van der Waals surface area contributed by atoms with E-state index < -0.39 is 0 Å². The first-order chi connectivity index (χ1) is 13.7. The zero-order chi connectivity index (χ0) is 19.3. The van der Waals surface area contributed by atoms with Gasteiger partial charge in [-0.2, -0.15) is 0 Å². The molecule has 0 atom stereocenters. The summed E-state index contributed by atoms with van der Waals surface area (Å²) in [7, 11) is 0. The third kappa shape index (κ3) is 4.27. The Morgan fingerprint density at radius 2 is 1.93 bits per heavy atom. The van der Waals surface area contributed by atoms with Gasteiger partial charge in [-0.15, -0.1) is 0 Å². The molecule has 1 N–H and O–H groups in total. The van der Waals surface area contributed by atoms with Crippen molar-refractivity contribution in [1.82, 2.24) is 5.32 Å². The lowest BCUT2D eigenvalue weighted by Gasteiger charge is -2.14. The van der Waals surface area contributed by atoms with Crippen LogP contribution in [-0.4, -0.2) is 31.3 Å². The molecule has 0 aromatic heterocycles. The van der Waals surface area contributed by atoms with Gasteiger partial charge in [0.15, 0.2) is 0 Å². The van der Waals surface area contributed by atoms with Crippen molar-refractivity contribution in [2.45, 2.75) is 38.3 Å².